The van der Waals surface area contributed by atoms with Crippen LogP contribution in [0, 0.1) is 11.3 Å². The fraction of sp³-hybridized carbons (Fsp3) is 0.409. The van der Waals surface area contributed by atoms with Crippen molar-refractivity contribution in [3.05, 3.63) is 53.9 Å². The first kappa shape index (κ1) is 19.2. The summed E-state index contributed by atoms with van der Waals surface area (Å²) in [5.41, 5.74) is 2.24. The van der Waals surface area contributed by atoms with Crippen LogP contribution in [0.1, 0.15) is 36.9 Å². The molecule has 1 amide bonds. The molecular weight excluding hydrogens is 368 g/mol. The first-order valence-corrected chi connectivity index (χ1v) is 9.98. The summed E-state index contributed by atoms with van der Waals surface area (Å²) in [6.45, 7) is 0.945. The van der Waals surface area contributed by atoms with E-state index in [-0.39, 0.29) is 11.9 Å². The molecule has 1 aromatic carbocycles. The zero-order valence-electron chi connectivity index (χ0n) is 16.1. The Kier molecular flexibility index (Phi) is 5.63. The third kappa shape index (κ3) is 4.33. The van der Waals surface area contributed by atoms with Gasteiger partial charge in [0.25, 0.3) is 5.91 Å². The number of carbonyl (C=O) groups excluding carboxylic acids is 1. The number of carbonyl (C=O) groups is 1. The number of aliphatic hydroxyl groups is 1. The van der Waals surface area contributed by atoms with Gasteiger partial charge in [-0.1, -0.05) is 31.0 Å². The quantitative estimate of drug-likeness (QED) is 0.827. The van der Waals surface area contributed by atoms with Gasteiger partial charge in [0.05, 0.1) is 24.4 Å². The number of nitrogens with zero attached hydrogens (tertiary/aromatic N) is 3. The van der Waals surface area contributed by atoms with Crippen molar-refractivity contribution < 1.29 is 14.6 Å². The minimum atomic E-state index is -0.662. The third-order valence-electron chi connectivity index (χ3n) is 5.52. The van der Waals surface area contributed by atoms with E-state index in [2.05, 4.69) is 15.2 Å². The fourth-order valence-corrected chi connectivity index (χ4v) is 3.95. The molecule has 0 bridgehead atoms. The molecular formula is C22H24N4O3. The smallest absolute Gasteiger partial charge is 0.263 e. The van der Waals surface area contributed by atoms with E-state index in [1.54, 1.807) is 12.3 Å². The van der Waals surface area contributed by atoms with Gasteiger partial charge in [-0.3, -0.25) is 4.79 Å². The summed E-state index contributed by atoms with van der Waals surface area (Å²) in [5.74, 6) is 0.457. The highest BCUT2D eigenvalue weighted by atomic mass is 16.5. The number of aromatic nitrogens is 1. The van der Waals surface area contributed by atoms with Crippen LogP contribution in [0.5, 0.6) is 5.75 Å². The summed E-state index contributed by atoms with van der Waals surface area (Å²) in [5, 5.41) is 22.1. The van der Waals surface area contributed by atoms with Crippen LogP contribution in [-0.4, -0.2) is 40.8 Å². The van der Waals surface area contributed by atoms with Gasteiger partial charge in [0.15, 0.2) is 6.10 Å². The molecule has 1 fully saturated rings. The van der Waals surface area contributed by atoms with Crippen LogP contribution in [0.4, 0.5) is 5.69 Å². The minimum Gasteiger partial charge on any atom is -0.477 e. The summed E-state index contributed by atoms with van der Waals surface area (Å²) in [6.07, 6.45) is 4.04. The van der Waals surface area contributed by atoms with Crippen LogP contribution in [0.3, 0.4) is 0 Å². The van der Waals surface area contributed by atoms with Crippen molar-refractivity contribution in [1.29, 1.82) is 5.26 Å². The predicted molar refractivity (Wildman–Crippen MR) is 107 cm³/mol. The monoisotopic (exact) mass is 392 g/mol. The van der Waals surface area contributed by atoms with Crippen LogP contribution in [-0.2, 0) is 11.3 Å². The molecule has 0 spiro atoms. The molecule has 3 unspecified atom stereocenters. The molecule has 2 aliphatic rings. The maximum atomic E-state index is 12.9. The average molecular weight is 392 g/mol. The van der Waals surface area contributed by atoms with Crippen molar-refractivity contribution in [3.8, 4) is 11.8 Å². The molecule has 2 N–H and O–H groups in total. The van der Waals surface area contributed by atoms with Crippen LogP contribution >= 0.6 is 0 Å². The predicted octanol–water partition coefficient (Wildman–Crippen LogP) is 2.14. The minimum absolute atomic E-state index is 0.201. The van der Waals surface area contributed by atoms with Crippen molar-refractivity contribution in [2.24, 2.45) is 0 Å². The lowest BCUT2D eigenvalue weighted by Crippen LogP contribution is -2.54. The van der Waals surface area contributed by atoms with E-state index in [0.717, 1.165) is 36.9 Å². The van der Waals surface area contributed by atoms with Crippen LogP contribution in [0.15, 0.2) is 42.6 Å². The summed E-state index contributed by atoms with van der Waals surface area (Å²) >= 11 is 0. The molecule has 3 atom stereocenters. The number of aliphatic hydroxyl groups excluding tert-OH is 1. The van der Waals surface area contributed by atoms with E-state index in [1.807, 2.05) is 36.4 Å². The second kappa shape index (κ2) is 8.50. The highest BCUT2D eigenvalue weighted by Crippen LogP contribution is 2.34. The highest BCUT2D eigenvalue weighted by Gasteiger charge is 2.33. The largest absolute Gasteiger partial charge is 0.477 e. The van der Waals surface area contributed by atoms with Gasteiger partial charge in [-0.05, 0) is 36.6 Å². The van der Waals surface area contributed by atoms with E-state index in [0.29, 0.717) is 24.5 Å². The zero-order valence-corrected chi connectivity index (χ0v) is 16.1. The molecule has 7 heteroatoms. The summed E-state index contributed by atoms with van der Waals surface area (Å²) in [6, 6.07) is 13.0. The van der Waals surface area contributed by atoms with Crippen molar-refractivity contribution >= 4 is 11.6 Å². The molecule has 1 saturated carbocycles. The summed E-state index contributed by atoms with van der Waals surface area (Å²) in [7, 11) is 0. The molecule has 7 nitrogen and oxygen atoms in total. The zero-order chi connectivity index (χ0) is 20.2. The number of nitriles is 1. The van der Waals surface area contributed by atoms with Crippen molar-refractivity contribution in [1.82, 2.24) is 10.3 Å². The number of hydrogen-bond donors (Lipinski definition) is 2. The molecule has 1 aliphatic heterocycles. The average Bonchev–Trinajstić information content (AvgIpc) is 2.76. The van der Waals surface area contributed by atoms with Gasteiger partial charge in [-0.15, -0.1) is 0 Å². The van der Waals surface area contributed by atoms with Crippen molar-refractivity contribution in [2.45, 2.75) is 50.5 Å². The van der Waals surface area contributed by atoms with Gasteiger partial charge in [0.2, 0.25) is 0 Å². The lowest BCUT2D eigenvalue weighted by molar-refractivity contribution is -0.129. The Balaban J connectivity index is 1.50. The van der Waals surface area contributed by atoms with Gasteiger partial charge in [0.1, 0.15) is 17.5 Å². The van der Waals surface area contributed by atoms with Crippen LogP contribution in [0.25, 0.3) is 0 Å². The number of hydrogen-bond acceptors (Lipinski definition) is 6. The molecule has 150 valence electrons. The third-order valence-corrected chi connectivity index (χ3v) is 5.52. The second-order valence-electron chi connectivity index (χ2n) is 7.59. The number of amides is 1. The number of nitrogens with one attached hydrogen (secondary N) is 1. The Morgan fingerprint density at radius 1 is 1.28 bits per heavy atom. The number of pyridine rings is 1. The molecule has 4 rings (SSSR count). The molecule has 0 radical (unpaired) electrons. The number of para-hydroxylation sites is 2. The molecule has 2 aromatic rings. The SMILES string of the molecule is N#Cc1ccc(CN2CC(C(=O)NC3CCCCC3O)Oc3ccccc32)cn1. The summed E-state index contributed by atoms with van der Waals surface area (Å²) in [4.78, 5) is 19.1. The first-order chi connectivity index (χ1) is 14.1. The maximum Gasteiger partial charge on any atom is 0.263 e. The Bertz CT molecular complexity index is 909. The van der Waals surface area contributed by atoms with Crippen molar-refractivity contribution in [2.75, 3.05) is 11.4 Å². The lowest BCUT2D eigenvalue weighted by atomic mass is 9.92. The fourth-order valence-electron chi connectivity index (χ4n) is 3.95. The normalized spacial score (nSPS) is 23.4. The van der Waals surface area contributed by atoms with Crippen molar-refractivity contribution in [3.63, 3.8) is 0 Å². The second-order valence-corrected chi connectivity index (χ2v) is 7.59. The first-order valence-electron chi connectivity index (χ1n) is 9.98. The molecule has 1 aromatic heterocycles. The standard InChI is InChI=1S/C22H24N4O3/c23-11-16-10-9-15(12-24-16)13-26-14-21(29-20-8-4-2-6-18(20)26)22(28)25-17-5-1-3-7-19(17)27/h2,4,6,8-10,12,17,19,21,27H,1,3,5,7,13-14H2,(H,25,28). The Morgan fingerprint density at radius 2 is 2.10 bits per heavy atom. The molecule has 1 aliphatic carbocycles. The Labute approximate surface area is 169 Å². The Morgan fingerprint density at radius 3 is 2.86 bits per heavy atom. The van der Waals surface area contributed by atoms with Crippen LogP contribution < -0.4 is 15.0 Å². The number of fused-ring (bicyclic) bond motifs is 1. The topological polar surface area (TPSA) is 98.5 Å². The van der Waals surface area contributed by atoms with E-state index in [1.165, 1.54) is 0 Å². The van der Waals surface area contributed by atoms with E-state index >= 15 is 0 Å². The lowest BCUT2D eigenvalue weighted by Gasteiger charge is -2.37. The molecule has 2 heterocycles. The highest BCUT2D eigenvalue weighted by molar-refractivity contribution is 5.83. The number of rotatable bonds is 4. The van der Waals surface area contributed by atoms with Gasteiger partial charge >= 0.3 is 0 Å². The Hall–Kier alpha value is -3.11. The molecule has 29 heavy (non-hydrogen) atoms. The summed E-state index contributed by atoms with van der Waals surface area (Å²) < 4.78 is 5.98. The van der Waals surface area contributed by atoms with Gasteiger partial charge in [0, 0.05) is 12.7 Å². The number of ether oxygens (including phenoxy) is 1. The number of benzene rings is 1. The molecule has 0 saturated heterocycles. The maximum absolute atomic E-state index is 12.9. The van der Waals surface area contributed by atoms with Gasteiger partial charge in [-0.2, -0.15) is 5.26 Å². The van der Waals surface area contributed by atoms with Gasteiger partial charge in [-0.25, -0.2) is 4.98 Å². The van der Waals surface area contributed by atoms with E-state index < -0.39 is 12.2 Å². The number of anilines is 1. The van der Waals surface area contributed by atoms with E-state index in [4.69, 9.17) is 10.00 Å². The van der Waals surface area contributed by atoms with Crippen LogP contribution in [0.2, 0.25) is 0 Å². The van der Waals surface area contributed by atoms with Gasteiger partial charge < -0.3 is 20.1 Å². The van der Waals surface area contributed by atoms with E-state index in [9.17, 15) is 9.90 Å².